The number of carbonyl (C=O) groups excluding carboxylic acids is 1. The van der Waals surface area contributed by atoms with E-state index in [0.717, 1.165) is 25.1 Å². The molecule has 1 atom stereocenters. The van der Waals surface area contributed by atoms with Gasteiger partial charge in [-0.2, -0.15) is 0 Å². The number of rotatable bonds is 1. The van der Waals surface area contributed by atoms with Crippen molar-refractivity contribution in [1.29, 1.82) is 0 Å². The Bertz CT molecular complexity index is 450. The van der Waals surface area contributed by atoms with Gasteiger partial charge >= 0.3 is 6.09 Å². The first-order chi connectivity index (χ1) is 8.85. The van der Waals surface area contributed by atoms with Gasteiger partial charge in [0.1, 0.15) is 11.4 Å². The summed E-state index contributed by atoms with van der Waals surface area (Å²) in [5, 5.41) is 0. The van der Waals surface area contributed by atoms with E-state index in [9.17, 15) is 4.79 Å². The SMILES string of the molecule is CC(C)(C)OC(=O)N1CCCC(c2cnc(N)o2)C1. The molecule has 1 aliphatic heterocycles. The topological polar surface area (TPSA) is 81.6 Å². The number of hydrogen-bond acceptors (Lipinski definition) is 5. The number of aromatic nitrogens is 1. The van der Waals surface area contributed by atoms with Gasteiger partial charge in [0.15, 0.2) is 0 Å². The van der Waals surface area contributed by atoms with Crippen molar-refractivity contribution in [1.82, 2.24) is 9.88 Å². The van der Waals surface area contributed by atoms with Crippen molar-refractivity contribution in [2.45, 2.75) is 45.1 Å². The van der Waals surface area contributed by atoms with Crippen LogP contribution in [-0.2, 0) is 4.74 Å². The van der Waals surface area contributed by atoms with Crippen LogP contribution in [0.3, 0.4) is 0 Å². The number of ether oxygens (including phenoxy) is 1. The zero-order chi connectivity index (χ0) is 14.0. The minimum Gasteiger partial charge on any atom is -0.444 e. The summed E-state index contributed by atoms with van der Waals surface area (Å²) in [6, 6.07) is 0.171. The Morgan fingerprint density at radius 3 is 2.89 bits per heavy atom. The van der Waals surface area contributed by atoms with Crippen LogP contribution in [0.2, 0.25) is 0 Å². The fraction of sp³-hybridized carbons (Fsp3) is 0.692. The van der Waals surface area contributed by atoms with Gasteiger partial charge in [-0.1, -0.05) is 0 Å². The molecule has 106 valence electrons. The number of nitrogens with two attached hydrogens (primary N) is 1. The molecule has 0 radical (unpaired) electrons. The molecular formula is C13H21N3O3. The average Bonchev–Trinajstić information content (AvgIpc) is 2.74. The number of nitrogens with zero attached hydrogens (tertiary/aromatic N) is 2. The third kappa shape index (κ3) is 3.62. The second kappa shape index (κ2) is 5.11. The zero-order valence-corrected chi connectivity index (χ0v) is 11.7. The second-order valence-electron chi connectivity index (χ2n) is 5.87. The lowest BCUT2D eigenvalue weighted by Crippen LogP contribution is -2.42. The molecule has 6 heteroatoms. The first-order valence-corrected chi connectivity index (χ1v) is 6.54. The molecule has 2 rings (SSSR count). The van der Waals surface area contributed by atoms with Gasteiger partial charge in [0.05, 0.1) is 6.20 Å². The Hall–Kier alpha value is -1.72. The number of likely N-dealkylation sites (tertiary alicyclic amines) is 1. The van der Waals surface area contributed by atoms with Crippen LogP contribution in [0.15, 0.2) is 10.6 Å². The van der Waals surface area contributed by atoms with Gasteiger partial charge in [-0.3, -0.25) is 0 Å². The summed E-state index contributed by atoms with van der Waals surface area (Å²) in [4.78, 5) is 17.6. The Labute approximate surface area is 112 Å². The molecule has 1 saturated heterocycles. The maximum absolute atomic E-state index is 12.0. The molecule has 0 saturated carbocycles. The molecule has 6 nitrogen and oxygen atoms in total. The van der Waals surface area contributed by atoms with Gasteiger partial charge in [-0.05, 0) is 33.6 Å². The highest BCUT2D eigenvalue weighted by Crippen LogP contribution is 2.28. The standard InChI is InChI=1S/C13H21N3O3/c1-13(2,3)19-12(17)16-6-4-5-9(8-16)10-7-15-11(14)18-10/h7,9H,4-6,8H2,1-3H3,(H2,14,15). The Balaban J connectivity index is 1.99. The van der Waals surface area contributed by atoms with Gasteiger partial charge in [0, 0.05) is 19.0 Å². The number of piperidine rings is 1. The summed E-state index contributed by atoms with van der Waals surface area (Å²) < 4.78 is 10.7. The van der Waals surface area contributed by atoms with Crippen molar-refractivity contribution in [3.05, 3.63) is 12.0 Å². The minimum atomic E-state index is -0.472. The fourth-order valence-electron chi connectivity index (χ4n) is 2.19. The van der Waals surface area contributed by atoms with Crippen molar-refractivity contribution >= 4 is 12.1 Å². The van der Waals surface area contributed by atoms with Gasteiger partial charge < -0.3 is 19.8 Å². The van der Waals surface area contributed by atoms with Gasteiger partial charge in [-0.25, -0.2) is 9.78 Å². The van der Waals surface area contributed by atoms with E-state index < -0.39 is 5.60 Å². The highest BCUT2D eigenvalue weighted by molar-refractivity contribution is 5.68. The van der Waals surface area contributed by atoms with Crippen molar-refractivity contribution < 1.29 is 13.9 Å². The van der Waals surface area contributed by atoms with Crippen LogP contribution in [0.1, 0.15) is 45.3 Å². The lowest BCUT2D eigenvalue weighted by Gasteiger charge is -2.33. The summed E-state index contributed by atoms with van der Waals surface area (Å²) >= 11 is 0. The molecule has 0 bridgehead atoms. The molecule has 19 heavy (non-hydrogen) atoms. The van der Waals surface area contributed by atoms with Crippen LogP contribution in [-0.4, -0.2) is 34.7 Å². The predicted octanol–water partition coefficient (Wildman–Crippen LogP) is 2.37. The second-order valence-corrected chi connectivity index (χ2v) is 5.87. The van der Waals surface area contributed by atoms with E-state index in [1.54, 1.807) is 11.1 Å². The molecule has 0 spiro atoms. The highest BCUT2D eigenvalue weighted by Gasteiger charge is 2.29. The summed E-state index contributed by atoms with van der Waals surface area (Å²) in [6.45, 7) is 6.90. The molecular weight excluding hydrogens is 246 g/mol. The first kappa shape index (κ1) is 13.7. The molecule has 1 amide bonds. The van der Waals surface area contributed by atoms with Crippen molar-refractivity contribution in [2.24, 2.45) is 0 Å². The maximum atomic E-state index is 12.0. The molecule has 2 heterocycles. The number of carbonyl (C=O) groups is 1. The zero-order valence-electron chi connectivity index (χ0n) is 11.7. The molecule has 1 aromatic heterocycles. The quantitative estimate of drug-likeness (QED) is 0.844. The van der Waals surface area contributed by atoms with Crippen LogP contribution in [0.25, 0.3) is 0 Å². The van der Waals surface area contributed by atoms with E-state index in [2.05, 4.69) is 4.98 Å². The highest BCUT2D eigenvalue weighted by atomic mass is 16.6. The Morgan fingerprint density at radius 2 is 2.32 bits per heavy atom. The van der Waals surface area contributed by atoms with E-state index in [1.165, 1.54) is 0 Å². The lowest BCUT2D eigenvalue weighted by atomic mass is 9.96. The summed E-state index contributed by atoms with van der Waals surface area (Å²) in [5.74, 6) is 0.886. The fourth-order valence-corrected chi connectivity index (χ4v) is 2.19. The smallest absolute Gasteiger partial charge is 0.410 e. The summed E-state index contributed by atoms with van der Waals surface area (Å²) in [7, 11) is 0. The summed E-state index contributed by atoms with van der Waals surface area (Å²) in [5.41, 5.74) is 5.01. The van der Waals surface area contributed by atoms with Gasteiger partial charge in [0.2, 0.25) is 0 Å². The van der Waals surface area contributed by atoms with Crippen LogP contribution in [0.4, 0.5) is 10.8 Å². The number of anilines is 1. The Kier molecular flexibility index (Phi) is 3.68. The van der Waals surface area contributed by atoms with E-state index in [0.29, 0.717) is 6.54 Å². The van der Waals surface area contributed by atoms with Crippen LogP contribution >= 0.6 is 0 Å². The van der Waals surface area contributed by atoms with E-state index in [1.807, 2.05) is 20.8 Å². The van der Waals surface area contributed by atoms with Crippen molar-refractivity contribution in [2.75, 3.05) is 18.8 Å². The third-order valence-corrected chi connectivity index (χ3v) is 3.02. The molecule has 1 fully saturated rings. The molecule has 0 aromatic carbocycles. The maximum Gasteiger partial charge on any atom is 0.410 e. The molecule has 1 aromatic rings. The van der Waals surface area contributed by atoms with Gasteiger partial charge in [0.25, 0.3) is 6.01 Å². The summed E-state index contributed by atoms with van der Waals surface area (Å²) in [6.07, 6.45) is 3.25. The normalized spacial score (nSPS) is 20.4. The first-order valence-electron chi connectivity index (χ1n) is 6.54. The molecule has 2 N–H and O–H groups in total. The number of nitrogen functional groups attached to an aromatic ring is 1. The number of amides is 1. The molecule has 1 unspecified atom stereocenters. The Morgan fingerprint density at radius 1 is 1.58 bits per heavy atom. The van der Waals surface area contributed by atoms with Crippen LogP contribution in [0, 0.1) is 0 Å². The predicted molar refractivity (Wildman–Crippen MR) is 70.7 cm³/mol. The van der Waals surface area contributed by atoms with Crippen LogP contribution in [0.5, 0.6) is 0 Å². The van der Waals surface area contributed by atoms with Gasteiger partial charge in [-0.15, -0.1) is 0 Å². The number of oxazole rings is 1. The number of hydrogen-bond donors (Lipinski definition) is 1. The minimum absolute atomic E-state index is 0.145. The van der Waals surface area contributed by atoms with E-state index in [4.69, 9.17) is 14.9 Å². The van der Waals surface area contributed by atoms with Crippen molar-refractivity contribution in [3.8, 4) is 0 Å². The van der Waals surface area contributed by atoms with E-state index in [-0.39, 0.29) is 18.0 Å². The average molecular weight is 267 g/mol. The monoisotopic (exact) mass is 267 g/mol. The largest absolute Gasteiger partial charge is 0.444 e. The molecule has 0 aliphatic carbocycles. The molecule has 1 aliphatic rings. The van der Waals surface area contributed by atoms with Crippen LogP contribution < -0.4 is 5.73 Å². The van der Waals surface area contributed by atoms with Crippen molar-refractivity contribution in [3.63, 3.8) is 0 Å². The lowest BCUT2D eigenvalue weighted by molar-refractivity contribution is 0.0192. The van der Waals surface area contributed by atoms with E-state index >= 15 is 0 Å². The third-order valence-electron chi connectivity index (χ3n) is 3.02.